The van der Waals surface area contributed by atoms with Gasteiger partial charge in [0.25, 0.3) is 0 Å². The van der Waals surface area contributed by atoms with Crippen molar-refractivity contribution in [3.63, 3.8) is 0 Å². The summed E-state index contributed by atoms with van der Waals surface area (Å²) < 4.78 is 5.31. The van der Waals surface area contributed by atoms with Crippen LogP contribution < -0.4 is 5.32 Å². The minimum Gasteiger partial charge on any atom is -0.378 e. The third-order valence-electron chi connectivity index (χ3n) is 5.33. The summed E-state index contributed by atoms with van der Waals surface area (Å²) in [6.07, 6.45) is 7.63. The predicted octanol–water partition coefficient (Wildman–Crippen LogP) is 1.31. The molecule has 0 unspecified atom stereocenters. The van der Waals surface area contributed by atoms with Crippen molar-refractivity contribution in [2.24, 2.45) is 0 Å². The van der Waals surface area contributed by atoms with Crippen molar-refractivity contribution in [1.82, 2.24) is 20.0 Å². The number of ether oxygens (including phenoxy) is 1. The molecule has 0 saturated carbocycles. The van der Waals surface area contributed by atoms with Gasteiger partial charge in [-0.2, -0.15) is 0 Å². The van der Waals surface area contributed by atoms with Gasteiger partial charge in [0, 0.05) is 58.4 Å². The van der Waals surface area contributed by atoms with Crippen LogP contribution in [0, 0.1) is 0 Å². The summed E-state index contributed by atoms with van der Waals surface area (Å²) in [6.45, 7) is 13.0. The van der Waals surface area contributed by atoms with Gasteiger partial charge in [0.1, 0.15) is 0 Å². The summed E-state index contributed by atoms with van der Waals surface area (Å²) in [5, 5.41) is 3.21. The van der Waals surface area contributed by atoms with Crippen LogP contribution in [0.5, 0.6) is 0 Å². The van der Waals surface area contributed by atoms with Gasteiger partial charge in [-0.25, -0.2) is 4.79 Å². The Balaban J connectivity index is 1.37. The number of amides is 2. The number of likely N-dealkylation sites (tertiary alicyclic amines) is 1. The average Bonchev–Trinajstić information content (AvgIpc) is 2.65. The molecule has 6 heteroatoms. The lowest BCUT2D eigenvalue weighted by Crippen LogP contribution is -2.52. The van der Waals surface area contributed by atoms with E-state index in [4.69, 9.17) is 4.74 Å². The first-order chi connectivity index (χ1) is 12.2. The van der Waals surface area contributed by atoms with Crippen LogP contribution in [0.25, 0.3) is 0 Å². The molecule has 6 nitrogen and oxygen atoms in total. The number of nitrogens with one attached hydrogen (secondary N) is 1. The molecule has 3 rings (SSSR count). The van der Waals surface area contributed by atoms with Gasteiger partial charge in [-0.15, -0.1) is 6.58 Å². The number of carbonyl (C=O) groups excluding carboxylic acids is 1. The highest BCUT2D eigenvalue weighted by Crippen LogP contribution is 2.16. The van der Waals surface area contributed by atoms with Crippen molar-refractivity contribution in [2.75, 3.05) is 65.6 Å². The maximum atomic E-state index is 12.3. The minimum absolute atomic E-state index is 0.0804. The predicted molar refractivity (Wildman–Crippen MR) is 99.7 cm³/mol. The fourth-order valence-electron chi connectivity index (χ4n) is 3.89. The standard InChI is InChI=1S/C19H32N4O2/c1-2-7-21-8-3-4-17(15-21)16-22-9-5-18(6-10-22)20-19(24)23-11-13-25-14-12-23/h2,4,18H,1,3,5-16H2,(H,20,24). The van der Waals surface area contributed by atoms with Gasteiger partial charge < -0.3 is 15.0 Å². The number of carbonyl (C=O) groups is 1. The van der Waals surface area contributed by atoms with Crippen molar-refractivity contribution < 1.29 is 9.53 Å². The normalized spacial score (nSPS) is 24.0. The Morgan fingerprint density at radius 1 is 1.20 bits per heavy atom. The molecule has 0 aromatic carbocycles. The van der Waals surface area contributed by atoms with Crippen LogP contribution in [0.15, 0.2) is 24.3 Å². The number of urea groups is 1. The van der Waals surface area contributed by atoms with E-state index in [-0.39, 0.29) is 6.03 Å². The minimum atomic E-state index is 0.0804. The summed E-state index contributed by atoms with van der Waals surface area (Å²) in [7, 11) is 0. The van der Waals surface area contributed by atoms with Gasteiger partial charge >= 0.3 is 6.03 Å². The molecular formula is C19H32N4O2. The lowest BCUT2D eigenvalue weighted by Gasteiger charge is -2.36. The van der Waals surface area contributed by atoms with E-state index in [1.807, 2.05) is 11.0 Å². The van der Waals surface area contributed by atoms with Crippen LogP contribution in [0.2, 0.25) is 0 Å². The topological polar surface area (TPSA) is 48.0 Å². The smallest absolute Gasteiger partial charge is 0.317 e. The molecule has 2 saturated heterocycles. The molecule has 3 aliphatic heterocycles. The SMILES string of the molecule is C=CCN1CCC=C(CN2CCC(NC(=O)N3CCOCC3)CC2)C1. The highest BCUT2D eigenvalue weighted by atomic mass is 16.5. The number of nitrogens with zero attached hydrogens (tertiary/aromatic N) is 3. The van der Waals surface area contributed by atoms with Gasteiger partial charge in [0.15, 0.2) is 0 Å². The first-order valence-electron chi connectivity index (χ1n) is 9.61. The molecule has 25 heavy (non-hydrogen) atoms. The highest BCUT2D eigenvalue weighted by Gasteiger charge is 2.24. The number of hydrogen-bond donors (Lipinski definition) is 1. The summed E-state index contributed by atoms with van der Waals surface area (Å²) in [5.74, 6) is 0. The van der Waals surface area contributed by atoms with E-state index in [2.05, 4.69) is 27.8 Å². The second-order valence-electron chi connectivity index (χ2n) is 7.27. The third-order valence-corrected chi connectivity index (χ3v) is 5.33. The third kappa shape index (κ3) is 5.56. The number of hydrogen-bond acceptors (Lipinski definition) is 4. The van der Waals surface area contributed by atoms with E-state index >= 15 is 0 Å². The van der Waals surface area contributed by atoms with E-state index < -0.39 is 0 Å². The molecule has 0 spiro atoms. The lowest BCUT2D eigenvalue weighted by atomic mass is 10.0. The maximum absolute atomic E-state index is 12.3. The molecule has 3 heterocycles. The quantitative estimate of drug-likeness (QED) is 0.761. The van der Waals surface area contributed by atoms with Crippen molar-refractivity contribution in [1.29, 1.82) is 0 Å². The Kier molecular flexibility index (Phi) is 6.90. The van der Waals surface area contributed by atoms with Crippen molar-refractivity contribution in [2.45, 2.75) is 25.3 Å². The van der Waals surface area contributed by atoms with Gasteiger partial charge in [-0.3, -0.25) is 9.80 Å². The highest BCUT2D eigenvalue weighted by molar-refractivity contribution is 5.74. The Bertz CT molecular complexity index is 480. The average molecular weight is 348 g/mol. The Morgan fingerprint density at radius 2 is 1.96 bits per heavy atom. The molecule has 140 valence electrons. The second kappa shape index (κ2) is 9.36. The van der Waals surface area contributed by atoms with E-state index in [9.17, 15) is 4.79 Å². The number of piperidine rings is 1. The van der Waals surface area contributed by atoms with E-state index in [0.29, 0.717) is 32.3 Å². The van der Waals surface area contributed by atoms with Crippen LogP contribution in [-0.2, 0) is 4.74 Å². The van der Waals surface area contributed by atoms with E-state index in [0.717, 1.165) is 58.5 Å². The largest absolute Gasteiger partial charge is 0.378 e. The Morgan fingerprint density at radius 3 is 2.68 bits per heavy atom. The molecule has 2 fully saturated rings. The van der Waals surface area contributed by atoms with Crippen LogP contribution in [0.4, 0.5) is 4.79 Å². The number of morpholine rings is 1. The monoisotopic (exact) mass is 348 g/mol. The van der Waals surface area contributed by atoms with Crippen LogP contribution in [0.1, 0.15) is 19.3 Å². The summed E-state index contributed by atoms with van der Waals surface area (Å²) in [5.41, 5.74) is 1.53. The summed E-state index contributed by atoms with van der Waals surface area (Å²) >= 11 is 0. The Labute approximate surface area is 151 Å². The first kappa shape index (κ1) is 18.4. The maximum Gasteiger partial charge on any atom is 0.317 e. The number of rotatable bonds is 5. The zero-order valence-electron chi connectivity index (χ0n) is 15.3. The van der Waals surface area contributed by atoms with Gasteiger partial charge in [-0.05, 0) is 24.8 Å². The van der Waals surface area contributed by atoms with Crippen LogP contribution >= 0.6 is 0 Å². The van der Waals surface area contributed by atoms with Gasteiger partial charge in [-0.1, -0.05) is 12.2 Å². The summed E-state index contributed by atoms with van der Waals surface area (Å²) in [6, 6.07) is 0.390. The van der Waals surface area contributed by atoms with Gasteiger partial charge in [0.2, 0.25) is 0 Å². The molecule has 0 radical (unpaired) electrons. The molecule has 0 aromatic heterocycles. The molecule has 0 aliphatic carbocycles. The molecule has 0 atom stereocenters. The fraction of sp³-hybridized carbons (Fsp3) is 0.737. The van der Waals surface area contributed by atoms with E-state index in [1.54, 1.807) is 0 Å². The first-order valence-corrected chi connectivity index (χ1v) is 9.61. The van der Waals surface area contributed by atoms with Crippen molar-refractivity contribution in [3.05, 3.63) is 24.3 Å². The van der Waals surface area contributed by atoms with Crippen molar-refractivity contribution >= 4 is 6.03 Å². The molecule has 2 amide bonds. The van der Waals surface area contributed by atoms with E-state index in [1.165, 1.54) is 5.57 Å². The molecule has 0 aromatic rings. The molecule has 0 bridgehead atoms. The fourth-order valence-corrected chi connectivity index (χ4v) is 3.89. The van der Waals surface area contributed by atoms with Crippen LogP contribution in [-0.4, -0.2) is 92.3 Å². The zero-order chi connectivity index (χ0) is 17.5. The molecule has 3 aliphatic rings. The molecule has 1 N–H and O–H groups in total. The molecular weight excluding hydrogens is 316 g/mol. The second-order valence-corrected chi connectivity index (χ2v) is 7.27. The van der Waals surface area contributed by atoms with Crippen molar-refractivity contribution in [3.8, 4) is 0 Å². The lowest BCUT2D eigenvalue weighted by molar-refractivity contribution is 0.0517. The van der Waals surface area contributed by atoms with Crippen LogP contribution in [0.3, 0.4) is 0 Å². The Hall–Kier alpha value is -1.37. The summed E-state index contributed by atoms with van der Waals surface area (Å²) in [4.78, 5) is 19.1. The zero-order valence-corrected chi connectivity index (χ0v) is 15.3. The van der Waals surface area contributed by atoms with Gasteiger partial charge in [0.05, 0.1) is 13.2 Å².